The average molecular weight is 249 g/mol. The summed E-state index contributed by atoms with van der Waals surface area (Å²) in [6.07, 6.45) is 11.2. The molecule has 0 heterocycles. The number of rotatable bonds is 3. The van der Waals surface area contributed by atoms with E-state index in [1.165, 1.54) is 22.3 Å². The molecule has 0 saturated carbocycles. The second kappa shape index (κ2) is 6.14. The summed E-state index contributed by atoms with van der Waals surface area (Å²) in [4.78, 5) is 4.16. The number of hydrogen-bond donors (Lipinski definition) is 0. The van der Waals surface area contributed by atoms with Crippen LogP contribution in [0, 0.1) is 6.92 Å². The quantitative estimate of drug-likeness (QED) is 0.678. The van der Waals surface area contributed by atoms with Crippen molar-refractivity contribution in [2.75, 3.05) is 0 Å². The molecular formula is C18H19N. The van der Waals surface area contributed by atoms with Crippen LogP contribution >= 0.6 is 0 Å². The third-order valence-corrected chi connectivity index (χ3v) is 3.08. The zero-order valence-electron chi connectivity index (χ0n) is 11.6. The molecule has 0 bridgehead atoms. The Morgan fingerprint density at radius 3 is 2.79 bits per heavy atom. The van der Waals surface area contributed by atoms with Crippen molar-refractivity contribution < 1.29 is 0 Å². The van der Waals surface area contributed by atoms with Crippen molar-refractivity contribution in [2.45, 2.75) is 20.3 Å². The van der Waals surface area contributed by atoms with Gasteiger partial charge in [-0.3, -0.25) is 4.99 Å². The van der Waals surface area contributed by atoms with E-state index in [1.807, 2.05) is 6.92 Å². The number of benzene rings is 1. The minimum absolute atomic E-state index is 0.948. The van der Waals surface area contributed by atoms with Gasteiger partial charge in [-0.2, -0.15) is 0 Å². The maximum absolute atomic E-state index is 4.16. The summed E-state index contributed by atoms with van der Waals surface area (Å²) < 4.78 is 0. The lowest BCUT2D eigenvalue weighted by atomic mass is 9.95. The second-order valence-corrected chi connectivity index (χ2v) is 4.74. The highest BCUT2D eigenvalue weighted by Gasteiger charge is 2.04. The predicted molar refractivity (Wildman–Crippen MR) is 84.3 cm³/mol. The number of hydrogen-bond acceptors (Lipinski definition) is 1. The third-order valence-electron chi connectivity index (χ3n) is 3.08. The zero-order valence-corrected chi connectivity index (χ0v) is 11.6. The van der Waals surface area contributed by atoms with E-state index < -0.39 is 0 Å². The molecule has 0 atom stereocenters. The Morgan fingerprint density at radius 2 is 2.16 bits per heavy atom. The molecule has 19 heavy (non-hydrogen) atoms. The van der Waals surface area contributed by atoms with E-state index in [0.717, 1.165) is 12.1 Å². The molecule has 1 heteroatoms. The van der Waals surface area contributed by atoms with Gasteiger partial charge >= 0.3 is 0 Å². The Kier molecular flexibility index (Phi) is 4.30. The molecule has 0 amide bonds. The molecule has 0 fully saturated rings. The van der Waals surface area contributed by atoms with E-state index in [9.17, 15) is 0 Å². The van der Waals surface area contributed by atoms with Crippen LogP contribution in [0.1, 0.15) is 24.5 Å². The van der Waals surface area contributed by atoms with Crippen molar-refractivity contribution in [1.82, 2.24) is 0 Å². The lowest BCUT2D eigenvalue weighted by Gasteiger charge is -2.10. The molecule has 1 aliphatic carbocycles. The molecule has 0 aromatic heterocycles. The summed E-state index contributed by atoms with van der Waals surface area (Å²) in [5, 5.41) is 0. The molecule has 1 aliphatic rings. The first-order valence-corrected chi connectivity index (χ1v) is 6.50. The molecule has 2 rings (SSSR count). The van der Waals surface area contributed by atoms with Crippen LogP contribution in [0.4, 0.5) is 0 Å². The van der Waals surface area contributed by atoms with Gasteiger partial charge < -0.3 is 0 Å². The van der Waals surface area contributed by atoms with Gasteiger partial charge in [0.15, 0.2) is 0 Å². The van der Waals surface area contributed by atoms with E-state index in [0.29, 0.717) is 0 Å². The summed E-state index contributed by atoms with van der Waals surface area (Å²) in [5.41, 5.74) is 6.13. The van der Waals surface area contributed by atoms with Crippen molar-refractivity contribution in [1.29, 1.82) is 0 Å². The zero-order chi connectivity index (χ0) is 13.7. The molecular weight excluding hydrogens is 230 g/mol. The minimum atomic E-state index is 0.948. The Morgan fingerprint density at radius 1 is 1.32 bits per heavy atom. The van der Waals surface area contributed by atoms with Gasteiger partial charge in [-0.15, -0.1) is 0 Å². The summed E-state index contributed by atoms with van der Waals surface area (Å²) in [5.74, 6) is 0. The standard InChI is InChI=1S/C18H19N/c1-4-19-15(3)13-16-8-10-17(11-9-16)18-7-5-6-14(2)12-18/h4-8,10-13H,1,9H2,2-3H3/b16-13-,19-15-. The van der Waals surface area contributed by atoms with Gasteiger partial charge in [-0.1, -0.05) is 54.6 Å². The largest absolute Gasteiger partial charge is 0.262 e. The van der Waals surface area contributed by atoms with Crippen LogP contribution in [0.5, 0.6) is 0 Å². The first kappa shape index (κ1) is 13.3. The minimum Gasteiger partial charge on any atom is -0.262 e. The van der Waals surface area contributed by atoms with Crippen LogP contribution in [-0.2, 0) is 0 Å². The van der Waals surface area contributed by atoms with E-state index in [4.69, 9.17) is 0 Å². The maximum Gasteiger partial charge on any atom is 0.0375 e. The molecule has 0 aliphatic heterocycles. The molecule has 1 aromatic carbocycles. The van der Waals surface area contributed by atoms with Gasteiger partial charge in [0.25, 0.3) is 0 Å². The number of aliphatic imine (C=N–C) groups is 1. The molecule has 0 unspecified atom stereocenters. The molecule has 1 nitrogen and oxygen atoms in total. The number of aryl methyl sites for hydroxylation is 1. The van der Waals surface area contributed by atoms with E-state index in [1.54, 1.807) is 6.20 Å². The average Bonchev–Trinajstić information content (AvgIpc) is 2.40. The van der Waals surface area contributed by atoms with Gasteiger partial charge in [0.1, 0.15) is 0 Å². The number of allylic oxidation sites excluding steroid dienone is 6. The predicted octanol–water partition coefficient (Wildman–Crippen LogP) is 4.87. The van der Waals surface area contributed by atoms with E-state index in [2.05, 4.69) is 67.1 Å². The van der Waals surface area contributed by atoms with Crippen LogP contribution in [-0.4, -0.2) is 5.71 Å². The van der Waals surface area contributed by atoms with Gasteiger partial charge in [-0.05, 0) is 43.1 Å². The van der Waals surface area contributed by atoms with Gasteiger partial charge in [0, 0.05) is 11.9 Å². The lowest BCUT2D eigenvalue weighted by Crippen LogP contribution is -1.92. The fourth-order valence-electron chi connectivity index (χ4n) is 2.16. The molecule has 0 N–H and O–H groups in total. The third kappa shape index (κ3) is 3.65. The van der Waals surface area contributed by atoms with Crippen LogP contribution < -0.4 is 0 Å². The lowest BCUT2D eigenvalue weighted by molar-refractivity contribution is 1.27. The Hall–Kier alpha value is -2.15. The fraction of sp³-hybridized carbons (Fsp3) is 0.167. The summed E-state index contributed by atoms with van der Waals surface area (Å²) >= 11 is 0. The first-order valence-electron chi connectivity index (χ1n) is 6.50. The van der Waals surface area contributed by atoms with Gasteiger partial charge in [-0.25, -0.2) is 0 Å². The molecule has 0 saturated heterocycles. The monoisotopic (exact) mass is 249 g/mol. The second-order valence-electron chi connectivity index (χ2n) is 4.74. The first-order chi connectivity index (χ1) is 9.19. The van der Waals surface area contributed by atoms with E-state index >= 15 is 0 Å². The number of nitrogens with zero attached hydrogens (tertiary/aromatic N) is 1. The summed E-state index contributed by atoms with van der Waals surface area (Å²) in [6, 6.07) is 8.60. The van der Waals surface area contributed by atoms with Crippen molar-refractivity contribution >= 4 is 11.3 Å². The van der Waals surface area contributed by atoms with E-state index in [-0.39, 0.29) is 0 Å². The van der Waals surface area contributed by atoms with Crippen molar-refractivity contribution in [3.63, 3.8) is 0 Å². The van der Waals surface area contributed by atoms with Crippen LogP contribution in [0.2, 0.25) is 0 Å². The SMILES string of the molecule is C=C/N=C(C)\C=C1\C=CC(c2cccc(C)c2)=CC1. The summed E-state index contributed by atoms with van der Waals surface area (Å²) in [7, 11) is 0. The Balaban J connectivity index is 2.16. The highest BCUT2D eigenvalue weighted by atomic mass is 14.7. The highest BCUT2D eigenvalue weighted by molar-refractivity contribution is 5.94. The molecule has 0 radical (unpaired) electrons. The van der Waals surface area contributed by atoms with Gasteiger partial charge in [0.05, 0.1) is 0 Å². The van der Waals surface area contributed by atoms with Crippen molar-refractivity contribution in [3.05, 3.63) is 78.0 Å². The van der Waals surface area contributed by atoms with Gasteiger partial charge in [0.2, 0.25) is 0 Å². The van der Waals surface area contributed by atoms with Crippen LogP contribution in [0.15, 0.2) is 71.9 Å². The summed E-state index contributed by atoms with van der Waals surface area (Å²) in [6.45, 7) is 7.72. The van der Waals surface area contributed by atoms with Crippen LogP contribution in [0.3, 0.4) is 0 Å². The van der Waals surface area contributed by atoms with Crippen molar-refractivity contribution in [2.24, 2.45) is 4.99 Å². The highest BCUT2D eigenvalue weighted by Crippen LogP contribution is 2.24. The molecule has 0 spiro atoms. The Labute approximate surface area is 115 Å². The van der Waals surface area contributed by atoms with Crippen LogP contribution in [0.25, 0.3) is 5.57 Å². The Bertz CT molecular complexity index is 598. The molecule has 96 valence electrons. The smallest absolute Gasteiger partial charge is 0.0375 e. The molecule has 1 aromatic rings. The van der Waals surface area contributed by atoms with Crippen molar-refractivity contribution in [3.8, 4) is 0 Å². The fourth-order valence-corrected chi connectivity index (χ4v) is 2.16. The maximum atomic E-state index is 4.16. The topological polar surface area (TPSA) is 12.4 Å². The normalized spacial score (nSPS) is 17.5.